The van der Waals surface area contributed by atoms with Gasteiger partial charge in [0.15, 0.2) is 0 Å². The molecule has 18 heavy (non-hydrogen) atoms. The van der Waals surface area contributed by atoms with Crippen molar-refractivity contribution in [3.8, 4) is 0 Å². The van der Waals surface area contributed by atoms with Crippen LogP contribution in [0.1, 0.15) is 31.7 Å². The molecule has 98 valence electrons. The van der Waals surface area contributed by atoms with Gasteiger partial charge in [-0.05, 0) is 44.1 Å². The molecule has 1 saturated heterocycles. The second-order valence-electron chi connectivity index (χ2n) is 5.26. The second-order valence-corrected chi connectivity index (χ2v) is 5.26. The van der Waals surface area contributed by atoms with Crippen LogP contribution in [0.4, 0.5) is 4.79 Å². The minimum Gasteiger partial charge on any atom is -0.465 e. The average molecular weight is 247 g/mol. The largest absolute Gasteiger partial charge is 0.465 e. The van der Waals surface area contributed by atoms with Crippen molar-refractivity contribution in [2.45, 2.75) is 38.6 Å². The molecule has 2 atom stereocenters. The second kappa shape index (κ2) is 5.89. The fourth-order valence-electron chi connectivity index (χ4n) is 2.86. The van der Waals surface area contributed by atoms with Crippen LogP contribution in [-0.4, -0.2) is 28.7 Å². The minimum absolute atomic E-state index is 0.184. The summed E-state index contributed by atoms with van der Waals surface area (Å²) in [6.45, 7) is 2.72. The summed E-state index contributed by atoms with van der Waals surface area (Å²) in [5, 5.41) is 9.03. The zero-order valence-corrected chi connectivity index (χ0v) is 10.9. The van der Waals surface area contributed by atoms with E-state index in [9.17, 15) is 4.79 Å². The molecule has 0 radical (unpaired) electrons. The molecular weight excluding hydrogens is 226 g/mol. The molecule has 0 saturated carbocycles. The molecular formula is C15H21NO2. The lowest BCUT2D eigenvalue weighted by atomic mass is 9.97. The monoisotopic (exact) mass is 247 g/mol. The summed E-state index contributed by atoms with van der Waals surface area (Å²) >= 11 is 0. The normalized spacial score (nSPS) is 23.3. The average Bonchev–Trinajstić information content (AvgIpc) is 2.72. The first-order chi connectivity index (χ1) is 8.66. The molecule has 1 aromatic rings. The number of amides is 1. The predicted octanol–water partition coefficient (Wildman–Crippen LogP) is 3.40. The minimum atomic E-state index is -0.770. The van der Waals surface area contributed by atoms with E-state index in [1.54, 1.807) is 4.90 Å². The van der Waals surface area contributed by atoms with Gasteiger partial charge in [0.2, 0.25) is 0 Å². The highest BCUT2D eigenvalue weighted by Crippen LogP contribution is 2.27. The topological polar surface area (TPSA) is 40.5 Å². The number of likely N-dealkylation sites (tertiary alicyclic amines) is 1. The number of carboxylic acid groups (broad SMARTS) is 1. The van der Waals surface area contributed by atoms with Gasteiger partial charge in [-0.15, -0.1) is 0 Å². The van der Waals surface area contributed by atoms with Crippen molar-refractivity contribution in [2.24, 2.45) is 5.92 Å². The molecule has 0 spiro atoms. The number of aryl methyl sites for hydroxylation is 1. The highest BCUT2D eigenvalue weighted by molar-refractivity contribution is 5.65. The molecule has 1 N–H and O–H groups in total. The van der Waals surface area contributed by atoms with Crippen LogP contribution >= 0.6 is 0 Å². The van der Waals surface area contributed by atoms with E-state index in [0.717, 1.165) is 25.7 Å². The molecule has 3 nitrogen and oxygen atoms in total. The number of nitrogens with zero attached hydrogens (tertiary/aromatic N) is 1. The molecule has 0 aliphatic carbocycles. The summed E-state index contributed by atoms with van der Waals surface area (Å²) < 4.78 is 0. The third-order valence-corrected chi connectivity index (χ3v) is 3.83. The Morgan fingerprint density at radius 1 is 1.39 bits per heavy atom. The van der Waals surface area contributed by atoms with Gasteiger partial charge in [0.25, 0.3) is 0 Å². The van der Waals surface area contributed by atoms with Crippen molar-refractivity contribution < 1.29 is 9.90 Å². The Bertz CT molecular complexity index is 391. The Labute approximate surface area is 108 Å². The maximum absolute atomic E-state index is 11.0. The first-order valence-corrected chi connectivity index (χ1v) is 6.70. The van der Waals surface area contributed by atoms with E-state index in [-0.39, 0.29) is 6.04 Å². The van der Waals surface area contributed by atoms with Crippen LogP contribution in [0.2, 0.25) is 0 Å². The van der Waals surface area contributed by atoms with Gasteiger partial charge in [-0.3, -0.25) is 0 Å². The zero-order valence-electron chi connectivity index (χ0n) is 10.9. The first kappa shape index (κ1) is 12.9. The van der Waals surface area contributed by atoms with Gasteiger partial charge in [-0.25, -0.2) is 4.79 Å². The van der Waals surface area contributed by atoms with Crippen LogP contribution in [-0.2, 0) is 6.42 Å². The molecule has 0 aromatic heterocycles. The van der Waals surface area contributed by atoms with Gasteiger partial charge in [0.05, 0.1) is 0 Å². The molecule has 1 aliphatic rings. The maximum Gasteiger partial charge on any atom is 0.407 e. The van der Waals surface area contributed by atoms with Gasteiger partial charge in [-0.1, -0.05) is 30.3 Å². The lowest BCUT2D eigenvalue weighted by Gasteiger charge is -2.16. The Balaban J connectivity index is 1.74. The van der Waals surface area contributed by atoms with Crippen LogP contribution in [0.15, 0.2) is 30.3 Å². The van der Waals surface area contributed by atoms with E-state index < -0.39 is 6.09 Å². The van der Waals surface area contributed by atoms with Crippen LogP contribution in [0.25, 0.3) is 0 Å². The predicted molar refractivity (Wildman–Crippen MR) is 71.7 cm³/mol. The van der Waals surface area contributed by atoms with E-state index in [1.165, 1.54) is 5.56 Å². The molecule has 1 heterocycles. The van der Waals surface area contributed by atoms with Gasteiger partial charge < -0.3 is 10.0 Å². The summed E-state index contributed by atoms with van der Waals surface area (Å²) in [5.41, 5.74) is 1.37. The van der Waals surface area contributed by atoms with Crippen LogP contribution in [0.5, 0.6) is 0 Å². The van der Waals surface area contributed by atoms with Crippen molar-refractivity contribution in [3.05, 3.63) is 35.9 Å². The molecule has 2 rings (SSSR count). The van der Waals surface area contributed by atoms with Crippen molar-refractivity contribution >= 4 is 6.09 Å². The van der Waals surface area contributed by atoms with Gasteiger partial charge >= 0.3 is 6.09 Å². The molecule has 1 amide bonds. The van der Waals surface area contributed by atoms with Crippen LogP contribution in [0.3, 0.4) is 0 Å². The lowest BCUT2D eigenvalue weighted by molar-refractivity contribution is 0.142. The maximum atomic E-state index is 11.0. The quantitative estimate of drug-likeness (QED) is 0.885. The summed E-state index contributed by atoms with van der Waals surface area (Å²) in [5.74, 6) is 0.541. The molecule has 3 heteroatoms. The third kappa shape index (κ3) is 3.25. The third-order valence-electron chi connectivity index (χ3n) is 3.83. The number of hydrogen-bond acceptors (Lipinski definition) is 1. The van der Waals surface area contributed by atoms with Crippen molar-refractivity contribution in [2.75, 3.05) is 6.54 Å². The number of rotatable bonds is 4. The standard InChI is InChI=1S/C15H21NO2/c1-12-10-14(11-16(12)15(17)18)9-5-8-13-6-3-2-4-7-13/h2-4,6-7,12,14H,5,8-11H2,1H3,(H,17,18)/t12-,14+/m1/s1. The van der Waals surface area contributed by atoms with Crippen LogP contribution in [0, 0.1) is 5.92 Å². The van der Waals surface area contributed by atoms with E-state index in [1.807, 2.05) is 13.0 Å². The van der Waals surface area contributed by atoms with Crippen molar-refractivity contribution in [3.63, 3.8) is 0 Å². The number of hydrogen-bond donors (Lipinski definition) is 1. The van der Waals surface area contributed by atoms with Gasteiger partial charge in [0, 0.05) is 12.6 Å². The Hall–Kier alpha value is -1.51. The summed E-state index contributed by atoms with van der Waals surface area (Å²) in [6.07, 6.45) is 3.62. The Morgan fingerprint density at radius 2 is 2.11 bits per heavy atom. The van der Waals surface area contributed by atoms with Gasteiger partial charge in [0.1, 0.15) is 0 Å². The van der Waals surface area contributed by atoms with Crippen molar-refractivity contribution in [1.29, 1.82) is 0 Å². The zero-order chi connectivity index (χ0) is 13.0. The number of carbonyl (C=O) groups is 1. The fourth-order valence-corrected chi connectivity index (χ4v) is 2.86. The summed E-state index contributed by atoms with van der Waals surface area (Å²) in [6, 6.07) is 10.7. The van der Waals surface area contributed by atoms with E-state index in [4.69, 9.17) is 5.11 Å². The molecule has 1 fully saturated rings. The summed E-state index contributed by atoms with van der Waals surface area (Å²) in [4.78, 5) is 12.6. The number of benzene rings is 1. The van der Waals surface area contributed by atoms with Crippen molar-refractivity contribution in [1.82, 2.24) is 4.90 Å². The SMILES string of the molecule is C[C@@H]1C[C@H](CCCc2ccccc2)CN1C(=O)O. The molecule has 1 aliphatic heterocycles. The first-order valence-electron chi connectivity index (χ1n) is 6.70. The highest BCUT2D eigenvalue weighted by atomic mass is 16.4. The highest BCUT2D eigenvalue weighted by Gasteiger charge is 2.31. The van der Waals surface area contributed by atoms with Gasteiger partial charge in [-0.2, -0.15) is 0 Å². The Morgan fingerprint density at radius 3 is 2.72 bits per heavy atom. The molecule has 1 aromatic carbocycles. The van der Waals surface area contributed by atoms with E-state index in [2.05, 4.69) is 24.3 Å². The van der Waals surface area contributed by atoms with E-state index >= 15 is 0 Å². The summed E-state index contributed by atoms with van der Waals surface area (Å²) in [7, 11) is 0. The molecule has 0 bridgehead atoms. The molecule has 0 unspecified atom stereocenters. The lowest BCUT2D eigenvalue weighted by Crippen LogP contribution is -2.32. The van der Waals surface area contributed by atoms with E-state index in [0.29, 0.717) is 12.5 Å². The fraction of sp³-hybridized carbons (Fsp3) is 0.533. The Kier molecular flexibility index (Phi) is 4.24. The van der Waals surface area contributed by atoms with Crippen LogP contribution < -0.4 is 0 Å². The smallest absolute Gasteiger partial charge is 0.407 e.